The van der Waals surface area contributed by atoms with Gasteiger partial charge in [0.05, 0.1) is 32.8 Å². The highest BCUT2D eigenvalue weighted by Gasteiger charge is 2.33. The third-order valence-electron chi connectivity index (χ3n) is 6.36. The predicted molar refractivity (Wildman–Crippen MR) is 163 cm³/mol. The van der Waals surface area contributed by atoms with E-state index < -0.39 is 28.5 Å². The summed E-state index contributed by atoms with van der Waals surface area (Å²) in [6, 6.07) is 14.7. The molecule has 0 bridgehead atoms. The lowest BCUT2D eigenvalue weighted by Gasteiger charge is -2.32. The second-order valence-corrected chi connectivity index (χ2v) is 12.5. The summed E-state index contributed by atoms with van der Waals surface area (Å²) >= 11 is 18.6. The summed E-state index contributed by atoms with van der Waals surface area (Å²) in [6.07, 6.45) is 0.708. The third-order valence-corrected chi connectivity index (χ3v) is 9.19. The highest BCUT2D eigenvalue weighted by atomic mass is 35.5. The molecule has 0 aliphatic rings. The molecule has 41 heavy (non-hydrogen) atoms. The van der Waals surface area contributed by atoms with Crippen molar-refractivity contribution in [2.75, 3.05) is 24.5 Å². The Morgan fingerprint density at radius 2 is 1.63 bits per heavy atom. The molecule has 12 heteroatoms. The summed E-state index contributed by atoms with van der Waals surface area (Å²) in [5, 5.41) is 3.59. The van der Waals surface area contributed by atoms with Gasteiger partial charge in [0.25, 0.3) is 10.0 Å². The van der Waals surface area contributed by atoms with Crippen LogP contribution < -0.4 is 14.4 Å². The maximum Gasteiger partial charge on any atom is 0.264 e. The molecule has 220 valence electrons. The Hall–Kier alpha value is -2.98. The molecule has 2 amide bonds. The fraction of sp³-hybridized carbons (Fsp3) is 0.310. The van der Waals surface area contributed by atoms with Crippen LogP contribution in [0.3, 0.4) is 0 Å². The van der Waals surface area contributed by atoms with Crippen molar-refractivity contribution in [3.05, 3.63) is 86.9 Å². The number of hydrogen-bond acceptors (Lipinski definition) is 5. The number of nitrogens with zero attached hydrogens (tertiary/aromatic N) is 2. The summed E-state index contributed by atoms with van der Waals surface area (Å²) in [7, 11) is -2.79. The van der Waals surface area contributed by atoms with E-state index >= 15 is 0 Å². The van der Waals surface area contributed by atoms with Crippen LogP contribution in [0.4, 0.5) is 5.69 Å². The Morgan fingerprint density at radius 1 is 0.951 bits per heavy atom. The van der Waals surface area contributed by atoms with E-state index in [-0.39, 0.29) is 33.1 Å². The smallest absolute Gasteiger partial charge is 0.264 e. The van der Waals surface area contributed by atoms with Crippen LogP contribution in [0.5, 0.6) is 5.75 Å². The fourth-order valence-corrected chi connectivity index (χ4v) is 5.97. The number of halogens is 3. The third kappa shape index (κ3) is 8.07. The number of amides is 2. The van der Waals surface area contributed by atoms with E-state index in [9.17, 15) is 18.0 Å². The molecule has 8 nitrogen and oxygen atoms in total. The Balaban J connectivity index is 2.07. The Morgan fingerprint density at radius 3 is 2.22 bits per heavy atom. The van der Waals surface area contributed by atoms with Crippen LogP contribution in [-0.2, 0) is 26.2 Å². The van der Waals surface area contributed by atoms with Gasteiger partial charge in [0.15, 0.2) is 0 Å². The van der Waals surface area contributed by atoms with Crippen LogP contribution in [0.25, 0.3) is 0 Å². The minimum atomic E-state index is -4.23. The van der Waals surface area contributed by atoms with Gasteiger partial charge in [-0.25, -0.2) is 8.42 Å². The molecule has 3 rings (SSSR count). The van der Waals surface area contributed by atoms with Crippen LogP contribution in [0.2, 0.25) is 15.1 Å². The van der Waals surface area contributed by atoms with Crippen LogP contribution in [0.15, 0.2) is 65.6 Å². The molecule has 3 aromatic carbocycles. The summed E-state index contributed by atoms with van der Waals surface area (Å²) < 4.78 is 34.0. The number of hydrogen-bond donors (Lipinski definition) is 1. The first kappa shape index (κ1) is 32.5. The summed E-state index contributed by atoms with van der Waals surface area (Å²) in [6.45, 7) is 5.15. The van der Waals surface area contributed by atoms with Crippen molar-refractivity contribution in [2.45, 2.75) is 44.7 Å². The van der Waals surface area contributed by atoms with Crippen molar-refractivity contribution >= 4 is 62.3 Å². The normalized spacial score (nSPS) is 12.0. The first-order valence-corrected chi connectivity index (χ1v) is 15.4. The number of sulfonamides is 1. The van der Waals surface area contributed by atoms with E-state index in [0.717, 1.165) is 9.87 Å². The van der Waals surface area contributed by atoms with Crippen molar-refractivity contribution in [1.29, 1.82) is 0 Å². The molecule has 0 saturated heterocycles. The number of methoxy groups -OCH3 is 1. The van der Waals surface area contributed by atoms with Gasteiger partial charge in [-0.05, 0) is 68.3 Å². The second kappa shape index (κ2) is 14.3. The number of benzene rings is 3. The first-order valence-electron chi connectivity index (χ1n) is 12.8. The van der Waals surface area contributed by atoms with Gasteiger partial charge in [-0.2, -0.15) is 0 Å². The van der Waals surface area contributed by atoms with Crippen molar-refractivity contribution in [3.63, 3.8) is 0 Å². The number of nitrogens with one attached hydrogen (secondary N) is 1. The van der Waals surface area contributed by atoms with Crippen molar-refractivity contribution in [1.82, 2.24) is 10.2 Å². The highest BCUT2D eigenvalue weighted by Crippen LogP contribution is 2.32. The molecule has 0 saturated carbocycles. The molecule has 0 spiro atoms. The lowest BCUT2D eigenvalue weighted by atomic mass is 10.1. The molecule has 0 aromatic heterocycles. The van der Waals surface area contributed by atoms with E-state index in [4.69, 9.17) is 39.5 Å². The van der Waals surface area contributed by atoms with Gasteiger partial charge in [0.1, 0.15) is 18.3 Å². The zero-order valence-electron chi connectivity index (χ0n) is 23.2. The van der Waals surface area contributed by atoms with Crippen LogP contribution in [0.1, 0.15) is 31.4 Å². The molecule has 3 aromatic rings. The summed E-state index contributed by atoms with van der Waals surface area (Å²) in [4.78, 5) is 28.2. The Kier molecular flexibility index (Phi) is 11.3. The average Bonchev–Trinajstić information content (AvgIpc) is 2.94. The Bertz CT molecular complexity index is 1500. The number of carbonyl (C=O) groups is 2. The van der Waals surface area contributed by atoms with Gasteiger partial charge in [-0.1, -0.05) is 65.5 Å². The molecule has 0 fully saturated rings. The number of ether oxygens (including phenoxy) is 1. The second-order valence-electron chi connectivity index (χ2n) is 9.38. The predicted octanol–water partition coefficient (Wildman–Crippen LogP) is 6.10. The number of anilines is 1. The lowest BCUT2D eigenvalue weighted by Crippen LogP contribution is -2.51. The van der Waals surface area contributed by atoms with E-state index in [1.807, 2.05) is 13.8 Å². The first-order chi connectivity index (χ1) is 19.4. The van der Waals surface area contributed by atoms with Gasteiger partial charge < -0.3 is 15.0 Å². The van der Waals surface area contributed by atoms with Gasteiger partial charge >= 0.3 is 0 Å². The molecular weight excluding hydrogens is 609 g/mol. The lowest BCUT2D eigenvalue weighted by molar-refractivity contribution is -0.139. The van der Waals surface area contributed by atoms with Crippen LogP contribution in [-0.4, -0.2) is 51.4 Å². The zero-order chi connectivity index (χ0) is 30.3. The molecule has 0 aliphatic carbocycles. The maximum absolute atomic E-state index is 14.0. The van der Waals surface area contributed by atoms with E-state index in [1.165, 1.54) is 42.3 Å². The molecule has 0 aliphatic heterocycles. The number of carbonyl (C=O) groups excluding carboxylic acids is 2. The van der Waals surface area contributed by atoms with Crippen molar-refractivity contribution < 1.29 is 22.7 Å². The van der Waals surface area contributed by atoms with Gasteiger partial charge in [-0.15, -0.1) is 0 Å². The maximum atomic E-state index is 14.0. The summed E-state index contributed by atoms with van der Waals surface area (Å²) in [5.41, 5.74) is 1.64. The average molecular weight is 641 g/mol. The molecular formula is C29H32Cl3N3O5S. The largest absolute Gasteiger partial charge is 0.495 e. The van der Waals surface area contributed by atoms with E-state index in [1.54, 1.807) is 37.3 Å². The van der Waals surface area contributed by atoms with Gasteiger partial charge in [0.2, 0.25) is 11.8 Å². The number of aryl methyl sites for hydroxylation is 1. The van der Waals surface area contributed by atoms with Gasteiger partial charge in [0, 0.05) is 13.1 Å². The van der Waals surface area contributed by atoms with Crippen LogP contribution >= 0.6 is 34.8 Å². The van der Waals surface area contributed by atoms with Crippen LogP contribution in [0, 0.1) is 6.92 Å². The molecule has 0 unspecified atom stereocenters. The van der Waals surface area contributed by atoms with Gasteiger partial charge in [-0.3, -0.25) is 13.9 Å². The zero-order valence-corrected chi connectivity index (χ0v) is 26.2. The van der Waals surface area contributed by atoms with E-state index in [0.29, 0.717) is 29.3 Å². The minimum absolute atomic E-state index is 0.00684. The van der Waals surface area contributed by atoms with E-state index in [2.05, 4.69) is 5.32 Å². The number of rotatable bonds is 12. The van der Waals surface area contributed by atoms with Crippen molar-refractivity contribution in [2.24, 2.45) is 0 Å². The minimum Gasteiger partial charge on any atom is -0.495 e. The SMILES string of the molecule is CCCNC(=O)[C@@H](C)N(Cc1ccc(Cl)c(Cl)c1)C(=O)CN(c1ccc(OC)c(Cl)c1)S(=O)(=O)c1ccc(C)cc1. The standard InChI is InChI=1S/C29H32Cl3N3O5S/c1-5-14-33-29(37)20(3)34(17-21-8-12-24(30)25(31)15-21)28(36)18-35(22-9-13-27(40-4)26(32)16-22)41(38,39)23-10-6-19(2)7-11-23/h6-13,15-16,20H,5,14,17-18H2,1-4H3,(H,33,37)/t20-/m1/s1. The fourth-order valence-electron chi connectivity index (χ4n) is 3.99. The molecule has 0 heterocycles. The van der Waals surface area contributed by atoms with Crippen molar-refractivity contribution in [3.8, 4) is 5.75 Å². The molecule has 1 N–H and O–H groups in total. The highest BCUT2D eigenvalue weighted by molar-refractivity contribution is 7.92. The Labute approximate surface area is 256 Å². The quantitative estimate of drug-likeness (QED) is 0.258. The molecule has 0 radical (unpaired) electrons. The molecule has 1 atom stereocenters. The summed E-state index contributed by atoms with van der Waals surface area (Å²) in [5.74, 6) is -0.643. The monoisotopic (exact) mass is 639 g/mol. The topological polar surface area (TPSA) is 96.0 Å².